The second kappa shape index (κ2) is 4.93. The maximum atomic E-state index is 11.9. The van der Waals surface area contributed by atoms with Crippen LogP contribution in [-0.2, 0) is 0 Å². The SMILES string of the molecule is CC(C)C(=O)c1cc(C(C)C)ccc1Br. The second-order valence-electron chi connectivity index (χ2n) is 4.41. The van der Waals surface area contributed by atoms with E-state index in [9.17, 15) is 4.79 Å². The van der Waals surface area contributed by atoms with Crippen LogP contribution >= 0.6 is 15.9 Å². The van der Waals surface area contributed by atoms with Crippen LogP contribution in [0.5, 0.6) is 0 Å². The first-order chi connectivity index (χ1) is 6.93. The summed E-state index contributed by atoms with van der Waals surface area (Å²) in [7, 11) is 0. The molecule has 0 bridgehead atoms. The number of benzene rings is 1. The van der Waals surface area contributed by atoms with Gasteiger partial charge in [0, 0.05) is 16.0 Å². The molecule has 15 heavy (non-hydrogen) atoms. The maximum Gasteiger partial charge on any atom is 0.166 e. The Morgan fingerprint density at radius 1 is 1.20 bits per heavy atom. The molecule has 0 saturated carbocycles. The fourth-order valence-electron chi connectivity index (χ4n) is 1.40. The van der Waals surface area contributed by atoms with E-state index in [1.54, 1.807) is 0 Å². The zero-order chi connectivity index (χ0) is 11.6. The fraction of sp³-hybridized carbons (Fsp3) is 0.462. The van der Waals surface area contributed by atoms with Crippen LogP contribution in [0, 0.1) is 5.92 Å². The number of ketones is 1. The van der Waals surface area contributed by atoms with E-state index in [0.29, 0.717) is 5.92 Å². The highest BCUT2D eigenvalue weighted by atomic mass is 79.9. The number of halogens is 1. The molecule has 0 radical (unpaired) electrons. The third-order valence-electron chi connectivity index (χ3n) is 2.45. The normalized spacial score (nSPS) is 11.1. The van der Waals surface area contributed by atoms with Gasteiger partial charge in [0.2, 0.25) is 0 Å². The summed E-state index contributed by atoms with van der Waals surface area (Å²) in [6.45, 7) is 8.12. The van der Waals surface area contributed by atoms with E-state index in [2.05, 4.69) is 35.8 Å². The molecule has 82 valence electrons. The molecule has 0 fully saturated rings. The van der Waals surface area contributed by atoms with Crippen LogP contribution in [0.3, 0.4) is 0 Å². The van der Waals surface area contributed by atoms with Gasteiger partial charge in [-0.1, -0.05) is 49.7 Å². The topological polar surface area (TPSA) is 17.1 Å². The largest absolute Gasteiger partial charge is 0.294 e. The van der Waals surface area contributed by atoms with Crippen LogP contribution in [0.15, 0.2) is 22.7 Å². The number of rotatable bonds is 3. The standard InChI is InChI=1S/C13H17BrO/c1-8(2)10-5-6-12(14)11(7-10)13(15)9(3)4/h5-9H,1-4H3. The van der Waals surface area contributed by atoms with Crippen LogP contribution in [0.2, 0.25) is 0 Å². The van der Waals surface area contributed by atoms with E-state index in [0.717, 1.165) is 10.0 Å². The van der Waals surface area contributed by atoms with E-state index < -0.39 is 0 Å². The van der Waals surface area contributed by atoms with Crippen molar-refractivity contribution < 1.29 is 4.79 Å². The fourth-order valence-corrected chi connectivity index (χ4v) is 1.84. The summed E-state index contributed by atoms with van der Waals surface area (Å²) < 4.78 is 0.894. The van der Waals surface area contributed by atoms with Gasteiger partial charge >= 0.3 is 0 Å². The van der Waals surface area contributed by atoms with Crippen LogP contribution in [0.25, 0.3) is 0 Å². The predicted molar refractivity (Wildman–Crippen MR) is 67.4 cm³/mol. The van der Waals surface area contributed by atoms with Crippen LogP contribution in [-0.4, -0.2) is 5.78 Å². The zero-order valence-corrected chi connectivity index (χ0v) is 11.3. The Balaban J connectivity index is 3.16. The molecule has 2 heteroatoms. The molecule has 0 N–H and O–H groups in total. The van der Waals surface area contributed by atoms with Gasteiger partial charge in [0.25, 0.3) is 0 Å². The quantitative estimate of drug-likeness (QED) is 0.743. The van der Waals surface area contributed by atoms with Gasteiger partial charge in [0.1, 0.15) is 0 Å². The molecular formula is C13H17BrO. The van der Waals surface area contributed by atoms with Gasteiger partial charge in [0.15, 0.2) is 5.78 Å². The van der Waals surface area contributed by atoms with Crippen molar-refractivity contribution in [1.29, 1.82) is 0 Å². The molecule has 1 nitrogen and oxygen atoms in total. The van der Waals surface area contributed by atoms with Crippen molar-refractivity contribution in [2.75, 3.05) is 0 Å². The highest BCUT2D eigenvalue weighted by Gasteiger charge is 2.14. The number of carbonyl (C=O) groups excluding carboxylic acids is 1. The van der Waals surface area contributed by atoms with E-state index in [1.165, 1.54) is 5.56 Å². The number of Topliss-reactive ketones (excluding diaryl/α,β-unsaturated/α-hetero) is 1. The molecule has 0 heterocycles. The summed E-state index contributed by atoms with van der Waals surface area (Å²) in [6.07, 6.45) is 0. The Morgan fingerprint density at radius 2 is 1.80 bits per heavy atom. The third kappa shape index (κ3) is 2.91. The summed E-state index contributed by atoms with van der Waals surface area (Å²) in [5.74, 6) is 0.699. The Labute approximate surface area is 100 Å². The Hall–Kier alpha value is -0.630. The third-order valence-corrected chi connectivity index (χ3v) is 3.14. The molecule has 0 atom stereocenters. The van der Waals surface area contributed by atoms with Gasteiger partial charge in [-0.05, 0) is 23.6 Å². The lowest BCUT2D eigenvalue weighted by Crippen LogP contribution is -2.09. The summed E-state index contributed by atoms with van der Waals surface area (Å²) in [5, 5.41) is 0. The highest BCUT2D eigenvalue weighted by Crippen LogP contribution is 2.24. The predicted octanol–water partition coefficient (Wildman–Crippen LogP) is 4.41. The van der Waals surface area contributed by atoms with Gasteiger partial charge in [0.05, 0.1) is 0 Å². The minimum Gasteiger partial charge on any atom is -0.294 e. The summed E-state index contributed by atoms with van der Waals surface area (Å²) in [6, 6.07) is 6.02. The number of hydrogen-bond acceptors (Lipinski definition) is 1. The minimum absolute atomic E-state index is 0.0451. The van der Waals surface area contributed by atoms with Crippen LogP contribution in [0.1, 0.15) is 49.5 Å². The zero-order valence-electron chi connectivity index (χ0n) is 9.67. The van der Waals surface area contributed by atoms with E-state index in [1.807, 2.05) is 26.0 Å². The first-order valence-corrected chi connectivity index (χ1v) is 6.06. The van der Waals surface area contributed by atoms with Gasteiger partial charge in [-0.2, -0.15) is 0 Å². The van der Waals surface area contributed by atoms with Crippen molar-refractivity contribution in [3.63, 3.8) is 0 Å². The van der Waals surface area contributed by atoms with E-state index in [-0.39, 0.29) is 11.7 Å². The molecule has 0 amide bonds. The molecule has 0 aliphatic carbocycles. The molecule has 1 aromatic rings. The van der Waals surface area contributed by atoms with Gasteiger partial charge in [-0.25, -0.2) is 0 Å². The summed E-state index contributed by atoms with van der Waals surface area (Å²) in [5.41, 5.74) is 2.01. The van der Waals surface area contributed by atoms with Gasteiger partial charge in [-0.3, -0.25) is 4.79 Å². The highest BCUT2D eigenvalue weighted by molar-refractivity contribution is 9.10. The number of hydrogen-bond donors (Lipinski definition) is 0. The average molecular weight is 269 g/mol. The molecule has 0 unspecified atom stereocenters. The van der Waals surface area contributed by atoms with Crippen molar-refractivity contribution in [1.82, 2.24) is 0 Å². The van der Waals surface area contributed by atoms with Crippen molar-refractivity contribution in [2.24, 2.45) is 5.92 Å². The van der Waals surface area contributed by atoms with E-state index >= 15 is 0 Å². The maximum absolute atomic E-state index is 11.9. The van der Waals surface area contributed by atoms with Crippen molar-refractivity contribution in [3.05, 3.63) is 33.8 Å². The Kier molecular flexibility index (Phi) is 4.09. The van der Waals surface area contributed by atoms with Crippen molar-refractivity contribution in [2.45, 2.75) is 33.6 Å². The van der Waals surface area contributed by atoms with E-state index in [4.69, 9.17) is 0 Å². The van der Waals surface area contributed by atoms with Crippen LogP contribution in [0.4, 0.5) is 0 Å². The minimum atomic E-state index is 0.0451. The molecule has 0 aromatic heterocycles. The first-order valence-electron chi connectivity index (χ1n) is 5.27. The molecular weight excluding hydrogens is 252 g/mol. The average Bonchev–Trinajstić information content (AvgIpc) is 2.16. The Bertz CT molecular complexity index is 367. The lowest BCUT2D eigenvalue weighted by atomic mass is 9.95. The second-order valence-corrected chi connectivity index (χ2v) is 5.27. The molecule has 0 saturated heterocycles. The molecule has 0 aliphatic rings. The van der Waals surface area contributed by atoms with Crippen molar-refractivity contribution >= 4 is 21.7 Å². The monoisotopic (exact) mass is 268 g/mol. The van der Waals surface area contributed by atoms with Gasteiger partial charge < -0.3 is 0 Å². The Morgan fingerprint density at radius 3 is 2.27 bits per heavy atom. The first kappa shape index (κ1) is 12.4. The molecule has 0 aliphatic heterocycles. The van der Waals surface area contributed by atoms with Crippen molar-refractivity contribution in [3.8, 4) is 0 Å². The summed E-state index contributed by atoms with van der Waals surface area (Å²) in [4.78, 5) is 11.9. The summed E-state index contributed by atoms with van der Waals surface area (Å²) >= 11 is 3.43. The number of carbonyl (C=O) groups is 1. The smallest absolute Gasteiger partial charge is 0.166 e. The lowest BCUT2D eigenvalue weighted by molar-refractivity contribution is 0.0938. The van der Waals surface area contributed by atoms with Gasteiger partial charge in [-0.15, -0.1) is 0 Å². The molecule has 0 spiro atoms. The molecule has 1 rings (SSSR count). The van der Waals surface area contributed by atoms with Crippen LogP contribution < -0.4 is 0 Å². The lowest BCUT2D eigenvalue weighted by Gasteiger charge is -2.11. The molecule has 1 aromatic carbocycles.